The minimum atomic E-state index is 0. The first kappa shape index (κ1) is 34.1. The van der Waals surface area contributed by atoms with Crippen molar-refractivity contribution in [3.05, 3.63) is 12.2 Å². The van der Waals surface area contributed by atoms with Crippen molar-refractivity contribution in [1.29, 1.82) is 0 Å². The average Bonchev–Trinajstić information content (AvgIpc) is 2.70. The van der Waals surface area contributed by atoms with Crippen LogP contribution in [-0.4, -0.2) is 13.0 Å². The molecular formula is C16H36NOPWY-2. The molecule has 0 aromatic rings. The van der Waals surface area contributed by atoms with Gasteiger partial charge in [0.15, 0.2) is 0 Å². The van der Waals surface area contributed by atoms with E-state index in [4.69, 9.17) is 0 Å². The monoisotopic (exact) mass is 562 g/mol. The molecule has 0 aliphatic heterocycles. The van der Waals surface area contributed by atoms with Crippen LogP contribution in [-0.2, 0) is 58.6 Å². The van der Waals surface area contributed by atoms with Gasteiger partial charge in [-0.3, -0.25) is 0 Å². The molecule has 127 valence electrons. The second-order valence-corrected chi connectivity index (χ2v) is 5.04. The maximum atomic E-state index is 11.0. The molecule has 0 spiro atoms. The maximum absolute atomic E-state index is 11.0. The Hall–Kier alpha value is 1.69. The fraction of sp³-hybridized carbons (Fsp3) is 0.875. The molecule has 4 atom stereocenters. The molecule has 0 aromatic carbocycles. The van der Waals surface area contributed by atoms with Gasteiger partial charge in [-0.05, 0) is 37.0 Å². The Kier molecular flexibility index (Phi) is 38.9. The SMILES string of the molecule is CCC.C[N-]C(=O)CC[C@H]1CC[C@@H](C)[C@H]1C.P.[CH2-]C.[W].[Y]. The number of hydrogen-bond donors (Lipinski definition) is 0. The second kappa shape index (κ2) is 24.0. The summed E-state index contributed by atoms with van der Waals surface area (Å²) in [5.41, 5.74) is 0. The van der Waals surface area contributed by atoms with Crippen LogP contribution in [0.25, 0.3) is 5.32 Å². The van der Waals surface area contributed by atoms with Gasteiger partial charge in [0.1, 0.15) is 0 Å². The van der Waals surface area contributed by atoms with Gasteiger partial charge >= 0.3 is 0 Å². The van der Waals surface area contributed by atoms with Gasteiger partial charge < -0.3 is 17.0 Å². The number of amides is 1. The summed E-state index contributed by atoms with van der Waals surface area (Å²) in [6, 6.07) is 0. The van der Waals surface area contributed by atoms with Gasteiger partial charge in [-0.15, -0.1) is 7.05 Å². The average molecular weight is 562 g/mol. The van der Waals surface area contributed by atoms with Crippen LogP contribution in [0.4, 0.5) is 0 Å². The molecule has 1 radical (unpaired) electrons. The summed E-state index contributed by atoms with van der Waals surface area (Å²) in [4.78, 5) is 11.0. The van der Waals surface area contributed by atoms with Crippen molar-refractivity contribution in [2.75, 3.05) is 7.05 Å². The van der Waals surface area contributed by atoms with Gasteiger partial charge in [0, 0.05) is 53.8 Å². The van der Waals surface area contributed by atoms with Crippen molar-refractivity contribution in [1.82, 2.24) is 0 Å². The minimum absolute atomic E-state index is 0. The van der Waals surface area contributed by atoms with E-state index >= 15 is 0 Å². The van der Waals surface area contributed by atoms with E-state index < -0.39 is 0 Å². The standard InChI is InChI=1S/C11H21NO.C3H8.C2H5.H3P.W.Y/c1-8-4-5-10(9(8)2)6-7-11(13)12-3;1-3-2;1-2;;;/h8-10H,4-7H2,1-3H3,(H,12,13);3H2,1-2H3;1H2,2H3;1H3;;/q;;-1;;;/p-1/t8-,9-,10-;;;;;/m1...../s1. The molecule has 1 fully saturated rings. The zero-order valence-corrected chi connectivity index (χ0v) is 22.2. The van der Waals surface area contributed by atoms with Crippen molar-refractivity contribution < 1.29 is 58.6 Å². The van der Waals surface area contributed by atoms with Gasteiger partial charge in [0.25, 0.3) is 0 Å². The number of nitrogens with zero attached hydrogens (tertiary/aromatic N) is 1. The molecule has 0 bridgehead atoms. The van der Waals surface area contributed by atoms with E-state index in [0.717, 1.165) is 24.2 Å². The summed E-state index contributed by atoms with van der Waals surface area (Å²) >= 11 is 0. The van der Waals surface area contributed by atoms with Crippen LogP contribution in [0.15, 0.2) is 0 Å². The van der Waals surface area contributed by atoms with Crippen molar-refractivity contribution >= 4 is 15.8 Å². The third kappa shape index (κ3) is 17.9. The van der Waals surface area contributed by atoms with E-state index in [1.807, 2.05) is 0 Å². The van der Waals surface area contributed by atoms with Crippen LogP contribution in [0.3, 0.4) is 0 Å². The molecule has 21 heavy (non-hydrogen) atoms. The second-order valence-electron chi connectivity index (χ2n) is 5.04. The molecule has 1 unspecified atom stereocenters. The summed E-state index contributed by atoms with van der Waals surface area (Å²) < 4.78 is 0. The normalized spacial score (nSPS) is 21.8. The molecular weight excluding hydrogens is 526 g/mol. The number of carbonyl (C=O) groups excluding carboxylic acids is 1. The van der Waals surface area contributed by atoms with E-state index in [9.17, 15) is 4.79 Å². The molecule has 5 heteroatoms. The van der Waals surface area contributed by atoms with Crippen molar-refractivity contribution in [3.8, 4) is 0 Å². The topological polar surface area (TPSA) is 31.2 Å². The zero-order valence-electron chi connectivity index (χ0n) is 15.0. The Morgan fingerprint density at radius 3 is 1.90 bits per heavy atom. The van der Waals surface area contributed by atoms with Crippen LogP contribution >= 0.6 is 9.90 Å². The predicted octanol–water partition coefficient (Wildman–Crippen LogP) is 5.29. The Morgan fingerprint density at radius 1 is 1.19 bits per heavy atom. The summed E-state index contributed by atoms with van der Waals surface area (Å²) in [6.45, 7) is 13.9. The maximum Gasteiger partial charge on any atom is 0.0509 e. The number of carbonyl (C=O) groups is 1. The van der Waals surface area contributed by atoms with E-state index in [2.05, 4.69) is 39.9 Å². The fourth-order valence-electron chi connectivity index (χ4n) is 2.30. The van der Waals surface area contributed by atoms with Crippen LogP contribution < -0.4 is 0 Å². The van der Waals surface area contributed by atoms with E-state index in [1.165, 1.54) is 19.3 Å². The van der Waals surface area contributed by atoms with Gasteiger partial charge in [0.2, 0.25) is 0 Å². The molecule has 1 aliphatic rings. The Morgan fingerprint density at radius 2 is 1.62 bits per heavy atom. The van der Waals surface area contributed by atoms with Gasteiger partial charge in [-0.2, -0.15) is 16.8 Å². The van der Waals surface area contributed by atoms with Crippen LogP contribution in [0.5, 0.6) is 0 Å². The predicted molar refractivity (Wildman–Crippen MR) is 92.7 cm³/mol. The van der Waals surface area contributed by atoms with Gasteiger partial charge in [-0.1, -0.05) is 40.5 Å². The van der Waals surface area contributed by atoms with Crippen LogP contribution in [0.1, 0.15) is 66.7 Å². The molecule has 0 N–H and O–H groups in total. The van der Waals surface area contributed by atoms with Crippen LogP contribution in [0.2, 0.25) is 0 Å². The zero-order chi connectivity index (χ0) is 14.6. The van der Waals surface area contributed by atoms with Crippen LogP contribution in [0, 0.1) is 24.7 Å². The Balaban J connectivity index is -0.0000000954. The minimum Gasteiger partial charge on any atom is -0.656 e. The molecule has 1 aliphatic carbocycles. The van der Waals surface area contributed by atoms with Crippen molar-refractivity contribution in [2.24, 2.45) is 17.8 Å². The summed E-state index contributed by atoms with van der Waals surface area (Å²) in [6.07, 6.45) is 5.59. The summed E-state index contributed by atoms with van der Waals surface area (Å²) in [7, 11) is 1.59. The molecule has 0 aromatic heterocycles. The molecule has 0 saturated heterocycles. The smallest absolute Gasteiger partial charge is 0.0509 e. The molecule has 1 saturated carbocycles. The number of rotatable bonds is 3. The first-order valence-corrected chi connectivity index (χ1v) is 7.40. The van der Waals surface area contributed by atoms with E-state index in [1.54, 1.807) is 14.0 Å². The molecule has 1 rings (SSSR count). The van der Waals surface area contributed by atoms with Gasteiger partial charge in [-0.25, -0.2) is 0 Å². The largest absolute Gasteiger partial charge is 0.656 e. The quantitative estimate of drug-likeness (QED) is 0.340. The summed E-state index contributed by atoms with van der Waals surface area (Å²) in [5.74, 6) is 2.47. The van der Waals surface area contributed by atoms with Gasteiger partial charge in [0.05, 0.1) is 5.91 Å². The number of hydrogen-bond acceptors (Lipinski definition) is 1. The molecule has 2 nitrogen and oxygen atoms in total. The van der Waals surface area contributed by atoms with E-state index in [0.29, 0.717) is 6.42 Å². The fourth-order valence-corrected chi connectivity index (χ4v) is 2.30. The summed E-state index contributed by atoms with van der Waals surface area (Å²) in [5, 5.41) is 3.65. The Bertz CT molecular complexity index is 209. The molecule has 1 amide bonds. The molecule has 0 heterocycles. The van der Waals surface area contributed by atoms with Crippen molar-refractivity contribution in [3.63, 3.8) is 0 Å². The first-order chi connectivity index (χ1) is 8.56. The third-order valence-electron chi connectivity index (χ3n) is 3.61. The first-order valence-electron chi connectivity index (χ1n) is 7.40. The third-order valence-corrected chi connectivity index (χ3v) is 3.61. The van der Waals surface area contributed by atoms with E-state index in [-0.39, 0.29) is 69.6 Å². The Labute approximate surface area is 176 Å². The van der Waals surface area contributed by atoms with Crippen molar-refractivity contribution in [2.45, 2.75) is 66.7 Å².